The summed E-state index contributed by atoms with van der Waals surface area (Å²) >= 11 is 0. The average molecular weight is 272 g/mol. The highest BCUT2D eigenvalue weighted by Crippen LogP contribution is 2.28. The SMILES string of the molecule is CCCNCC1CCN(C2CCc3ccccc3C2)C1. The number of fused-ring (bicyclic) bond motifs is 1. The van der Waals surface area contributed by atoms with Crippen LogP contribution in [0.2, 0.25) is 0 Å². The third kappa shape index (κ3) is 3.24. The van der Waals surface area contributed by atoms with Gasteiger partial charge < -0.3 is 5.32 Å². The molecule has 0 radical (unpaired) electrons. The molecular formula is C18H28N2. The molecule has 1 aliphatic carbocycles. The van der Waals surface area contributed by atoms with Crippen molar-refractivity contribution in [2.24, 2.45) is 5.92 Å². The first-order valence-corrected chi connectivity index (χ1v) is 8.38. The van der Waals surface area contributed by atoms with Crippen LogP contribution in [0.5, 0.6) is 0 Å². The van der Waals surface area contributed by atoms with Crippen molar-refractivity contribution < 1.29 is 0 Å². The van der Waals surface area contributed by atoms with Crippen LogP contribution < -0.4 is 5.32 Å². The van der Waals surface area contributed by atoms with Crippen molar-refractivity contribution in [1.82, 2.24) is 10.2 Å². The second kappa shape index (κ2) is 6.73. The van der Waals surface area contributed by atoms with Gasteiger partial charge in [0.25, 0.3) is 0 Å². The van der Waals surface area contributed by atoms with Crippen LogP contribution in [0.1, 0.15) is 37.3 Å². The third-order valence-electron chi connectivity index (χ3n) is 5.01. The normalized spacial score (nSPS) is 26.6. The third-order valence-corrected chi connectivity index (χ3v) is 5.01. The summed E-state index contributed by atoms with van der Waals surface area (Å²) < 4.78 is 0. The molecule has 1 aliphatic heterocycles. The van der Waals surface area contributed by atoms with Crippen LogP contribution in [0.15, 0.2) is 24.3 Å². The Balaban J connectivity index is 1.52. The summed E-state index contributed by atoms with van der Waals surface area (Å²) in [5.41, 5.74) is 3.18. The van der Waals surface area contributed by atoms with Crippen LogP contribution in [-0.2, 0) is 12.8 Å². The van der Waals surface area contributed by atoms with Gasteiger partial charge in [-0.15, -0.1) is 0 Å². The van der Waals surface area contributed by atoms with Gasteiger partial charge >= 0.3 is 0 Å². The van der Waals surface area contributed by atoms with Gasteiger partial charge in [-0.2, -0.15) is 0 Å². The summed E-state index contributed by atoms with van der Waals surface area (Å²) in [7, 11) is 0. The number of hydrogen-bond acceptors (Lipinski definition) is 2. The fourth-order valence-electron chi connectivity index (χ4n) is 3.83. The molecule has 3 rings (SSSR count). The van der Waals surface area contributed by atoms with Crippen molar-refractivity contribution in [3.63, 3.8) is 0 Å². The first-order valence-electron chi connectivity index (χ1n) is 8.38. The zero-order valence-corrected chi connectivity index (χ0v) is 12.8. The van der Waals surface area contributed by atoms with E-state index in [-0.39, 0.29) is 0 Å². The number of rotatable bonds is 5. The molecule has 1 saturated heterocycles. The molecule has 0 spiro atoms. The van der Waals surface area contributed by atoms with E-state index < -0.39 is 0 Å². The minimum atomic E-state index is 0.793. The van der Waals surface area contributed by atoms with Crippen molar-refractivity contribution in [3.05, 3.63) is 35.4 Å². The highest BCUT2D eigenvalue weighted by molar-refractivity contribution is 5.30. The monoisotopic (exact) mass is 272 g/mol. The van der Waals surface area contributed by atoms with Crippen molar-refractivity contribution in [3.8, 4) is 0 Å². The van der Waals surface area contributed by atoms with E-state index in [1.165, 1.54) is 58.3 Å². The smallest absolute Gasteiger partial charge is 0.0139 e. The maximum atomic E-state index is 3.59. The summed E-state index contributed by atoms with van der Waals surface area (Å²) in [6.07, 6.45) is 6.53. The molecule has 110 valence electrons. The highest BCUT2D eigenvalue weighted by Gasteiger charge is 2.30. The Morgan fingerprint density at radius 1 is 1.20 bits per heavy atom. The fraction of sp³-hybridized carbons (Fsp3) is 0.667. The lowest BCUT2D eigenvalue weighted by Crippen LogP contribution is -2.38. The van der Waals surface area contributed by atoms with E-state index >= 15 is 0 Å². The number of nitrogens with one attached hydrogen (secondary N) is 1. The summed E-state index contributed by atoms with van der Waals surface area (Å²) in [6, 6.07) is 9.82. The lowest BCUT2D eigenvalue weighted by Gasteiger charge is -2.32. The number of likely N-dealkylation sites (tertiary alicyclic amines) is 1. The van der Waals surface area contributed by atoms with E-state index in [2.05, 4.69) is 41.4 Å². The second-order valence-corrected chi connectivity index (χ2v) is 6.52. The van der Waals surface area contributed by atoms with Crippen LogP contribution in [0, 0.1) is 5.92 Å². The number of benzene rings is 1. The van der Waals surface area contributed by atoms with E-state index in [1.807, 2.05) is 0 Å². The van der Waals surface area contributed by atoms with Crippen molar-refractivity contribution in [2.45, 2.75) is 45.1 Å². The maximum absolute atomic E-state index is 3.59. The molecule has 2 atom stereocenters. The molecule has 1 heterocycles. The lowest BCUT2D eigenvalue weighted by molar-refractivity contribution is 0.213. The second-order valence-electron chi connectivity index (χ2n) is 6.52. The predicted octanol–water partition coefficient (Wildman–Crippen LogP) is 2.87. The van der Waals surface area contributed by atoms with Crippen LogP contribution in [-0.4, -0.2) is 37.1 Å². The van der Waals surface area contributed by atoms with Gasteiger partial charge in [-0.25, -0.2) is 0 Å². The topological polar surface area (TPSA) is 15.3 Å². The molecule has 0 bridgehead atoms. The zero-order valence-electron chi connectivity index (χ0n) is 12.8. The lowest BCUT2D eigenvalue weighted by atomic mass is 9.87. The van der Waals surface area contributed by atoms with Crippen LogP contribution in [0.25, 0.3) is 0 Å². The molecule has 1 N–H and O–H groups in total. The van der Waals surface area contributed by atoms with Gasteiger partial charge in [0.1, 0.15) is 0 Å². The van der Waals surface area contributed by atoms with E-state index in [0.29, 0.717) is 0 Å². The van der Waals surface area contributed by atoms with Crippen molar-refractivity contribution >= 4 is 0 Å². The Kier molecular flexibility index (Phi) is 4.74. The Hall–Kier alpha value is -0.860. The van der Waals surface area contributed by atoms with Gasteiger partial charge in [0, 0.05) is 12.6 Å². The molecule has 2 nitrogen and oxygen atoms in total. The molecule has 1 aromatic rings. The van der Waals surface area contributed by atoms with Crippen molar-refractivity contribution in [2.75, 3.05) is 26.2 Å². The molecule has 2 aliphatic rings. The first-order chi connectivity index (χ1) is 9.86. The molecular weight excluding hydrogens is 244 g/mol. The summed E-state index contributed by atoms with van der Waals surface area (Å²) in [5, 5.41) is 3.59. The van der Waals surface area contributed by atoms with E-state index in [4.69, 9.17) is 0 Å². The van der Waals surface area contributed by atoms with E-state index in [0.717, 1.165) is 12.0 Å². The fourth-order valence-corrected chi connectivity index (χ4v) is 3.83. The molecule has 0 amide bonds. The molecule has 2 unspecified atom stereocenters. The minimum Gasteiger partial charge on any atom is -0.316 e. The molecule has 2 heteroatoms. The summed E-state index contributed by atoms with van der Waals surface area (Å²) in [5.74, 6) is 0.874. The molecule has 1 fully saturated rings. The van der Waals surface area contributed by atoms with Gasteiger partial charge in [-0.3, -0.25) is 4.90 Å². The first kappa shape index (κ1) is 14.1. The van der Waals surface area contributed by atoms with Gasteiger partial charge in [-0.05, 0) is 68.8 Å². The average Bonchev–Trinajstić information content (AvgIpc) is 2.96. The summed E-state index contributed by atoms with van der Waals surface area (Å²) in [6.45, 7) is 7.25. The van der Waals surface area contributed by atoms with Crippen LogP contribution >= 0.6 is 0 Å². The molecule has 0 aromatic heterocycles. The quantitative estimate of drug-likeness (QED) is 0.829. The highest BCUT2D eigenvalue weighted by atomic mass is 15.2. The standard InChI is InChI=1S/C18H28N2/c1-2-10-19-13-15-9-11-20(14-15)18-8-7-16-5-3-4-6-17(16)12-18/h3-6,15,18-19H,2,7-14H2,1H3. The number of nitrogens with zero attached hydrogens (tertiary/aromatic N) is 1. The van der Waals surface area contributed by atoms with Gasteiger partial charge in [0.2, 0.25) is 0 Å². The van der Waals surface area contributed by atoms with Gasteiger partial charge in [-0.1, -0.05) is 31.2 Å². The van der Waals surface area contributed by atoms with Gasteiger partial charge in [0.15, 0.2) is 0 Å². The van der Waals surface area contributed by atoms with Crippen LogP contribution in [0.4, 0.5) is 0 Å². The number of hydrogen-bond donors (Lipinski definition) is 1. The van der Waals surface area contributed by atoms with Crippen LogP contribution in [0.3, 0.4) is 0 Å². The Morgan fingerprint density at radius 2 is 2.05 bits per heavy atom. The van der Waals surface area contributed by atoms with Crippen molar-refractivity contribution in [1.29, 1.82) is 0 Å². The largest absolute Gasteiger partial charge is 0.316 e. The molecule has 20 heavy (non-hydrogen) atoms. The van der Waals surface area contributed by atoms with Gasteiger partial charge in [0.05, 0.1) is 0 Å². The number of aryl methyl sites for hydroxylation is 1. The van der Waals surface area contributed by atoms with E-state index in [1.54, 1.807) is 11.1 Å². The molecule has 0 saturated carbocycles. The Morgan fingerprint density at radius 3 is 2.90 bits per heavy atom. The Bertz CT molecular complexity index is 429. The zero-order chi connectivity index (χ0) is 13.8. The minimum absolute atomic E-state index is 0.793. The summed E-state index contributed by atoms with van der Waals surface area (Å²) in [4.78, 5) is 2.76. The predicted molar refractivity (Wildman–Crippen MR) is 85.1 cm³/mol. The molecule has 1 aromatic carbocycles. The maximum Gasteiger partial charge on any atom is 0.0139 e. The van der Waals surface area contributed by atoms with E-state index in [9.17, 15) is 0 Å². The Labute approximate surface area is 123 Å².